The number of carbonyl (C=O) groups is 6. The van der Waals surface area contributed by atoms with Gasteiger partial charge in [0.1, 0.15) is 0 Å². The smallest absolute Gasteiger partial charge is 0.303 e. The molecule has 2 bridgehead atoms. The Bertz CT molecular complexity index is 766. The van der Waals surface area contributed by atoms with Crippen molar-refractivity contribution in [2.45, 2.75) is 25.7 Å². The molecule has 160 valence electrons. The number of carboxylic acid groups (broad SMARTS) is 2. The highest BCUT2D eigenvalue weighted by atomic mass is 16.4. The third-order valence-electron chi connectivity index (χ3n) is 6.74. The number of carbonyl (C=O) groups excluding carboxylic acids is 4. The van der Waals surface area contributed by atoms with Crippen LogP contribution in [-0.2, 0) is 28.8 Å². The first-order valence-electron chi connectivity index (χ1n) is 10.1. The van der Waals surface area contributed by atoms with E-state index in [1.807, 2.05) is 0 Å². The number of hydrogen-bond acceptors (Lipinski definition) is 6. The minimum Gasteiger partial charge on any atom is -0.481 e. The molecule has 0 radical (unpaired) electrons. The summed E-state index contributed by atoms with van der Waals surface area (Å²) in [5.74, 6) is -7.62. The minimum absolute atomic E-state index is 0.00888. The number of amides is 4. The number of allylic oxidation sites excluding steroid dienone is 2. The quantitative estimate of drug-likeness (QED) is 0.404. The Kier molecular flexibility index (Phi) is 4.95. The van der Waals surface area contributed by atoms with Crippen LogP contribution in [0.25, 0.3) is 0 Å². The molecule has 2 aliphatic heterocycles. The normalized spacial score (nSPS) is 34.0. The molecule has 5 rings (SSSR count). The van der Waals surface area contributed by atoms with E-state index < -0.39 is 71.1 Å². The molecule has 2 N–H and O–H groups in total. The Balaban J connectivity index is 1.55. The van der Waals surface area contributed by atoms with Gasteiger partial charge < -0.3 is 10.2 Å². The fourth-order valence-electron chi connectivity index (χ4n) is 5.57. The highest BCUT2D eigenvalue weighted by Gasteiger charge is 2.68. The summed E-state index contributed by atoms with van der Waals surface area (Å²) in [6, 6.07) is 0. The lowest BCUT2D eigenvalue weighted by Crippen LogP contribution is -2.50. The van der Waals surface area contributed by atoms with Crippen LogP contribution < -0.4 is 0 Å². The van der Waals surface area contributed by atoms with E-state index in [4.69, 9.17) is 10.2 Å². The maximum atomic E-state index is 13.0. The van der Waals surface area contributed by atoms with Gasteiger partial charge in [-0.3, -0.25) is 38.6 Å². The third-order valence-corrected chi connectivity index (χ3v) is 6.74. The van der Waals surface area contributed by atoms with Gasteiger partial charge in [0.15, 0.2) is 0 Å². The number of imide groups is 2. The second-order valence-electron chi connectivity index (χ2n) is 8.29. The molecule has 0 spiro atoms. The van der Waals surface area contributed by atoms with Crippen molar-refractivity contribution in [1.29, 1.82) is 0 Å². The van der Waals surface area contributed by atoms with Crippen molar-refractivity contribution in [2.75, 3.05) is 13.1 Å². The van der Waals surface area contributed by atoms with Crippen molar-refractivity contribution in [1.82, 2.24) is 9.80 Å². The average Bonchev–Trinajstić information content (AvgIpc) is 3.10. The first-order valence-corrected chi connectivity index (χ1v) is 10.1. The molecular weight excluding hydrogens is 396 g/mol. The second kappa shape index (κ2) is 7.33. The molecular formula is C20H22N2O8. The van der Waals surface area contributed by atoms with Gasteiger partial charge in [-0.1, -0.05) is 12.2 Å². The summed E-state index contributed by atoms with van der Waals surface area (Å²) in [5.41, 5.74) is 0. The summed E-state index contributed by atoms with van der Waals surface area (Å²) in [5, 5.41) is 17.6. The lowest BCUT2D eigenvalue weighted by atomic mass is 9.54. The maximum Gasteiger partial charge on any atom is 0.303 e. The summed E-state index contributed by atoms with van der Waals surface area (Å²) >= 11 is 0. The van der Waals surface area contributed by atoms with Gasteiger partial charge in [0, 0.05) is 37.8 Å². The van der Waals surface area contributed by atoms with Crippen LogP contribution in [-0.4, -0.2) is 68.7 Å². The van der Waals surface area contributed by atoms with Crippen molar-refractivity contribution in [3.8, 4) is 0 Å². The number of rotatable bonds is 8. The molecule has 3 aliphatic carbocycles. The third kappa shape index (κ3) is 2.93. The van der Waals surface area contributed by atoms with Gasteiger partial charge >= 0.3 is 11.9 Å². The second-order valence-corrected chi connectivity index (χ2v) is 8.29. The fraction of sp³-hybridized carbons (Fsp3) is 0.600. The lowest BCUT2D eigenvalue weighted by Gasteiger charge is -2.44. The molecule has 4 amide bonds. The minimum atomic E-state index is -1.01. The van der Waals surface area contributed by atoms with Crippen LogP contribution in [0.3, 0.4) is 0 Å². The molecule has 0 aromatic heterocycles. The van der Waals surface area contributed by atoms with Crippen molar-refractivity contribution in [2.24, 2.45) is 35.5 Å². The molecule has 3 fully saturated rings. The summed E-state index contributed by atoms with van der Waals surface area (Å²) in [6.45, 7) is 0.0178. The Hall–Kier alpha value is -3.04. The molecule has 2 saturated heterocycles. The van der Waals surface area contributed by atoms with E-state index in [-0.39, 0.29) is 38.8 Å². The molecule has 6 atom stereocenters. The summed E-state index contributed by atoms with van der Waals surface area (Å²) in [7, 11) is 0. The lowest BCUT2D eigenvalue weighted by molar-refractivity contribution is -0.143. The van der Waals surface area contributed by atoms with Gasteiger partial charge in [-0.15, -0.1) is 0 Å². The van der Waals surface area contributed by atoms with Gasteiger partial charge in [0.2, 0.25) is 23.6 Å². The highest BCUT2D eigenvalue weighted by molar-refractivity contribution is 6.10. The monoisotopic (exact) mass is 418 g/mol. The zero-order chi connectivity index (χ0) is 21.7. The van der Waals surface area contributed by atoms with Gasteiger partial charge in [-0.2, -0.15) is 0 Å². The Morgan fingerprint density at radius 3 is 1.23 bits per heavy atom. The number of aliphatic carboxylic acids is 2. The maximum absolute atomic E-state index is 13.0. The average molecular weight is 418 g/mol. The number of carboxylic acids is 2. The molecule has 10 heteroatoms. The van der Waals surface area contributed by atoms with Crippen LogP contribution >= 0.6 is 0 Å². The van der Waals surface area contributed by atoms with Crippen molar-refractivity contribution in [3.05, 3.63) is 12.2 Å². The predicted octanol–water partition coefficient (Wildman–Crippen LogP) is -0.266. The van der Waals surface area contributed by atoms with Crippen molar-refractivity contribution < 1.29 is 39.0 Å². The molecule has 5 aliphatic rings. The molecule has 2 unspecified atom stereocenters. The first-order chi connectivity index (χ1) is 14.2. The van der Waals surface area contributed by atoms with Crippen LogP contribution in [0.5, 0.6) is 0 Å². The van der Waals surface area contributed by atoms with Crippen LogP contribution in [0, 0.1) is 35.5 Å². The Morgan fingerprint density at radius 1 is 0.667 bits per heavy atom. The zero-order valence-corrected chi connectivity index (χ0v) is 16.1. The molecule has 2 heterocycles. The van der Waals surface area contributed by atoms with Gasteiger partial charge in [-0.05, 0) is 12.8 Å². The number of nitrogens with zero attached hydrogens (tertiary/aromatic N) is 2. The zero-order valence-electron chi connectivity index (χ0n) is 16.1. The molecule has 1 saturated carbocycles. The van der Waals surface area contributed by atoms with E-state index in [0.29, 0.717) is 0 Å². The van der Waals surface area contributed by atoms with Gasteiger partial charge in [0.25, 0.3) is 0 Å². The largest absolute Gasteiger partial charge is 0.481 e. The summed E-state index contributed by atoms with van der Waals surface area (Å²) in [4.78, 5) is 75.5. The van der Waals surface area contributed by atoms with E-state index in [0.717, 1.165) is 9.80 Å². The SMILES string of the molecule is O=C(O)CCCN1C(=O)[C@@H]2C3C=CC([C@H]2C1=O)[C@@H]1C(=O)N(CCCC(=O)O)C(=O)[C@H]31. The first kappa shape index (κ1) is 20.2. The van der Waals surface area contributed by atoms with Crippen LogP contribution in [0.1, 0.15) is 25.7 Å². The van der Waals surface area contributed by atoms with E-state index in [2.05, 4.69) is 0 Å². The number of hydrogen-bond donors (Lipinski definition) is 2. The van der Waals surface area contributed by atoms with E-state index in [1.165, 1.54) is 0 Å². The van der Waals surface area contributed by atoms with Gasteiger partial charge in [-0.25, -0.2) is 0 Å². The standard InChI is InChI=1S/C20H22N2O8/c23-11(24)3-1-7-21-17(27)13-9-5-6-10(14(13)18(21)28)16-15(9)19(29)22(20(16)30)8-2-4-12(25)26/h5-6,9-10,13-16H,1-4,7-8H2,(H,23,24)(H,25,26)/t9?,10?,13-,14-,15-,16+/m1/s1. The summed E-state index contributed by atoms with van der Waals surface area (Å²) in [6.07, 6.45) is 3.49. The van der Waals surface area contributed by atoms with Crippen LogP contribution in [0.2, 0.25) is 0 Å². The Morgan fingerprint density at radius 2 is 0.967 bits per heavy atom. The fourth-order valence-corrected chi connectivity index (χ4v) is 5.57. The van der Waals surface area contributed by atoms with Crippen LogP contribution in [0.15, 0.2) is 12.2 Å². The predicted molar refractivity (Wildman–Crippen MR) is 97.3 cm³/mol. The van der Waals surface area contributed by atoms with E-state index in [9.17, 15) is 28.8 Å². The molecule has 30 heavy (non-hydrogen) atoms. The molecule has 0 aromatic carbocycles. The summed E-state index contributed by atoms with van der Waals surface area (Å²) < 4.78 is 0. The van der Waals surface area contributed by atoms with Crippen LogP contribution in [0.4, 0.5) is 0 Å². The van der Waals surface area contributed by atoms with E-state index in [1.54, 1.807) is 12.2 Å². The van der Waals surface area contributed by atoms with Crippen molar-refractivity contribution in [3.63, 3.8) is 0 Å². The molecule has 0 aromatic rings. The van der Waals surface area contributed by atoms with Crippen molar-refractivity contribution >= 4 is 35.6 Å². The van der Waals surface area contributed by atoms with Gasteiger partial charge in [0.05, 0.1) is 23.7 Å². The Labute approximate surface area is 171 Å². The highest BCUT2D eigenvalue weighted by Crippen LogP contribution is 2.57. The molecule has 10 nitrogen and oxygen atoms in total. The van der Waals surface area contributed by atoms with E-state index >= 15 is 0 Å². The topological polar surface area (TPSA) is 149 Å². The number of likely N-dealkylation sites (tertiary alicyclic amines) is 2.